The first-order valence-corrected chi connectivity index (χ1v) is 4.78. The Labute approximate surface area is 94.7 Å². The lowest BCUT2D eigenvalue weighted by atomic mass is 10.1. The van der Waals surface area contributed by atoms with Crippen LogP contribution >= 0.6 is 0 Å². The van der Waals surface area contributed by atoms with Crippen LogP contribution in [0.25, 0.3) is 0 Å². The van der Waals surface area contributed by atoms with Gasteiger partial charge in [0.15, 0.2) is 23.2 Å². The molecule has 2 nitrogen and oxygen atoms in total. The van der Waals surface area contributed by atoms with E-state index in [0.29, 0.717) is 17.9 Å². The van der Waals surface area contributed by atoms with Crippen LogP contribution in [-0.2, 0) is 6.42 Å². The molecule has 5 heteroatoms. The first-order chi connectivity index (χ1) is 8.08. The Hall–Kier alpha value is -2.04. The van der Waals surface area contributed by atoms with Gasteiger partial charge in [-0.3, -0.25) is 4.79 Å². The van der Waals surface area contributed by atoms with Crippen molar-refractivity contribution in [2.24, 2.45) is 0 Å². The largest absolute Gasteiger partial charge is 0.469 e. The highest BCUT2D eigenvalue weighted by molar-refractivity contribution is 5.97. The Morgan fingerprint density at radius 3 is 2.35 bits per heavy atom. The van der Waals surface area contributed by atoms with Gasteiger partial charge in [0.1, 0.15) is 5.76 Å². The standard InChI is InChI=1S/C12H7F3O2/c13-9-4-7(5-10(14)12(9)15)11(16)6-8-2-1-3-17-8/h1-5H,6H2. The topological polar surface area (TPSA) is 30.2 Å². The number of ketones is 1. The molecule has 0 fully saturated rings. The fourth-order valence-electron chi connectivity index (χ4n) is 1.39. The zero-order valence-corrected chi connectivity index (χ0v) is 8.54. The lowest BCUT2D eigenvalue weighted by Gasteiger charge is -2.01. The highest BCUT2D eigenvalue weighted by Gasteiger charge is 2.15. The van der Waals surface area contributed by atoms with Crippen LogP contribution in [0.1, 0.15) is 16.1 Å². The average Bonchev–Trinajstić information content (AvgIpc) is 2.77. The first-order valence-electron chi connectivity index (χ1n) is 4.78. The normalized spacial score (nSPS) is 10.5. The molecule has 0 spiro atoms. The minimum absolute atomic E-state index is 0.127. The second-order valence-corrected chi connectivity index (χ2v) is 3.43. The molecular weight excluding hydrogens is 233 g/mol. The van der Waals surface area contributed by atoms with Crippen molar-refractivity contribution >= 4 is 5.78 Å². The molecule has 0 saturated carbocycles. The van der Waals surface area contributed by atoms with E-state index < -0.39 is 23.2 Å². The maximum Gasteiger partial charge on any atom is 0.194 e. The zero-order chi connectivity index (χ0) is 12.4. The summed E-state index contributed by atoms with van der Waals surface area (Å²) in [5.41, 5.74) is -0.224. The molecule has 0 saturated heterocycles. The van der Waals surface area contributed by atoms with Crippen molar-refractivity contribution in [2.75, 3.05) is 0 Å². The van der Waals surface area contributed by atoms with Crippen LogP contribution in [0, 0.1) is 17.5 Å². The van der Waals surface area contributed by atoms with Gasteiger partial charge in [0.25, 0.3) is 0 Å². The van der Waals surface area contributed by atoms with Gasteiger partial charge in [-0.2, -0.15) is 0 Å². The van der Waals surface area contributed by atoms with Gasteiger partial charge in [-0.25, -0.2) is 13.2 Å². The Kier molecular flexibility index (Phi) is 2.99. The van der Waals surface area contributed by atoms with Crippen LogP contribution in [0.15, 0.2) is 34.9 Å². The summed E-state index contributed by atoms with van der Waals surface area (Å²) in [4.78, 5) is 11.6. The van der Waals surface area contributed by atoms with E-state index in [9.17, 15) is 18.0 Å². The quantitative estimate of drug-likeness (QED) is 0.609. The van der Waals surface area contributed by atoms with Gasteiger partial charge in [-0.05, 0) is 24.3 Å². The third-order valence-electron chi connectivity index (χ3n) is 2.22. The summed E-state index contributed by atoms with van der Waals surface area (Å²) < 4.78 is 43.4. The molecule has 1 aromatic carbocycles. The molecule has 0 bridgehead atoms. The van der Waals surface area contributed by atoms with E-state index in [4.69, 9.17) is 4.42 Å². The van der Waals surface area contributed by atoms with Crippen LogP contribution < -0.4 is 0 Å². The molecule has 0 aliphatic carbocycles. The third kappa shape index (κ3) is 2.38. The SMILES string of the molecule is O=C(Cc1ccco1)c1cc(F)c(F)c(F)c1. The maximum atomic E-state index is 12.9. The molecule has 0 atom stereocenters. The van der Waals surface area contributed by atoms with E-state index in [1.54, 1.807) is 12.1 Å². The number of hydrogen-bond acceptors (Lipinski definition) is 2. The summed E-state index contributed by atoms with van der Waals surface area (Å²) in [6.45, 7) is 0. The summed E-state index contributed by atoms with van der Waals surface area (Å²) >= 11 is 0. The molecule has 88 valence electrons. The third-order valence-corrected chi connectivity index (χ3v) is 2.22. The predicted octanol–water partition coefficient (Wildman–Crippen LogP) is 3.12. The van der Waals surface area contributed by atoms with Gasteiger partial charge < -0.3 is 4.42 Å². The fraction of sp³-hybridized carbons (Fsp3) is 0.0833. The molecular formula is C12H7F3O2. The molecule has 0 aliphatic heterocycles. The van der Waals surface area contributed by atoms with Crippen molar-refractivity contribution in [3.05, 3.63) is 59.3 Å². The van der Waals surface area contributed by atoms with Crippen LogP contribution in [0.5, 0.6) is 0 Å². The van der Waals surface area contributed by atoms with Gasteiger partial charge in [-0.1, -0.05) is 0 Å². The van der Waals surface area contributed by atoms with Gasteiger partial charge in [-0.15, -0.1) is 0 Å². The highest BCUT2D eigenvalue weighted by Crippen LogP contribution is 2.15. The van der Waals surface area contributed by atoms with Crippen molar-refractivity contribution in [3.63, 3.8) is 0 Å². The Morgan fingerprint density at radius 2 is 1.82 bits per heavy atom. The number of carbonyl (C=O) groups is 1. The van der Waals surface area contributed by atoms with E-state index >= 15 is 0 Å². The molecule has 0 amide bonds. The van der Waals surface area contributed by atoms with Crippen molar-refractivity contribution in [1.82, 2.24) is 0 Å². The minimum atomic E-state index is -1.58. The molecule has 0 radical (unpaired) electrons. The van der Waals surface area contributed by atoms with Gasteiger partial charge in [0.2, 0.25) is 0 Å². The zero-order valence-electron chi connectivity index (χ0n) is 8.54. The number of furan rings is 1. The minimum Gasteiger partial charge on any atom is -0.469 e. The summed E-state index contributed by atoms with van der Waals surface area (Å²) in [6.07, 6.45) is 1.26. The number of benzene rings is 1. The molecule has 2 aromatic rings. The number of Topliss-reactive ketones (excluding diaryl/α,β-unsaturated/α-hetero) is 1. The monoisotopic (exact) mass is 240 g/mol. The second kappa shape index (κ2) is 4.45. The van der Waals surface area contributed by atoms with E-state index in [1.807, 2.05) is 0 Å². The summed E-state index contributed by atoms with van der Waals surface area (Å²) in [7, 11) is 0. The molecule has 0 aliphatic rings. The van der Waals surface area contributed by atoms with Crippen molar-refractivity contribution in [2.45, 2.75) is 6.42 Å². The lowest BCUT2D eigenvalue weighted by molar-refractivity contribution is 0.0986. The molecule has 17 heavy (non-hydrogen) atoms. The van der Waals surface area contributed by atoms with Crippen LogP contribution in [0.3, 0.4) is 0 Å². The Bertz CT molecular complexity index is 524. The van der Waals surface area contributed by atoms with Crippen molar-refractivity contribution < 1.29 is 22.4 Å². The van der Waals surface area contributed by atoms with E-state index in [2.05, 4.69) is 0 Å². The molecule has 2 rings (SSSR count). The van der Waals surface area contributed by atoms with Crippen molar-refractivity contribution in [3.8, 4) is 0 Å². The first kappa shape index (κ1) is 11.4. The highest BCUT2D eigenvalue weighted by atomic mass is 19.2. The molecule has 1 aromatic heterocycles. The number of hydrogen-bond donors (Lipinski definition) is 0. The smallest absolute Gasteiger partial charge is 0.194 e. The Morgan fingerprint density at radius 1 is 1.18 bits per heavy atom. The summed E-state index contributed by atoms with van der Waals surface area (Å²) in [6, 6.07) is 4.50. The van der Waals surface area contributed by atoms with E-state index in [0.717, 1.165) is 0 Å². The van der Waals surface area contributed by atoms with Crippen LogP contribution in [-0.4, -0.2) is 5.78 Å². The number of halogens is 3. The second-order valence-electron chi connectivity index (χ2n) is 3.43. The summed E-state index contributed by atoms with van der Waals surface area (Å²) in [5, 5.41) is 0. The van der Waals surface area contributed by atoms with Crippen LogP contribution in [0.2, 0.25) is 0 Å². The van der Waals surface area contributed by atoms with Gasteiger partial charge in [0.05, 0.1) is 12.7 Å². The van der Waals surface area contributed by atoms with Gasteiger partial charge in [0, 0.05) is 5.56 Å². The number of rotatable bonds is 3. The van der Waals surface area contributed by atoms with Gasteiger partial charge >= 0.3 is 0 Å². The molecule has 0 unspecified atom stereocenters. The fourth-order valence-corrected chi connectivity index (χ4v) is 1.39. The van der Waals surface area contributed by atoms with Crippen molar-refractivity contribution in [1.29, 1.82) is 0 Å². The van der Waals surface area contributed by atoms with Crippen LogP contribution in [0.4, 0.5) is 13.2 Å². The average molecular weight is 240 g/mol. The lowest BCUT2D eigenvalue weighted by Crippen LogP contribution is -2.05. The molecule has 1 heterocycles. The molecule has 0 N–H and O–H groups in total. The summed E-state index contributed by atoms with van der Waals surface area (Å²) in [5.74, 6) is -4.52. The Balaban J connectivity index is 2.26. The van der Waals surface area contributed by atoms with E-state index in [-0.39, 0.29) is 12.0 Å². The van der Waals surface area contributed by atoms with E-state index in [1.165, 1.54) is 6.26 Å². The number of carbonyl (C=O) groups excluding carboxylic acids is 1. The predicted molar refractivity (Wildman–Crippen MR) is 53.1 cm³/mol. The maximum absolute atomic E-state index is 12.9.